The standard InChI is InChI=1S/C51H44N2Si/c1-35-32-36(2)51(37(3)33-35)53(41-20-13-8-14-21-41)43-28-29-45-47-31-30-44(46-22-15-23-48(50(46)47)54(4,5)49(45)34-43)38-24-26-42(27-25-38)52(39-16-9-6-10-17-39)40-18-11-7-12-19-40/h6-34H,1-5H3. The van der Waals surface area contributed by atoms with E-state index in [0.717, 1.165) is 17.1 Å². The molecule has 0 unspecified atom stereocenters. The van der Waals surface area contributed by atoms with E-state index in [0.29, 0.717) is 0 Å². The SMILES string of the molecule is Cc1cc(C)c(N(c2ccccc2)c2ccc3c(c2)[Si](C)(C)c2cccc4c(-c5ccc(N(c6ccccc6)c6ccccc6)cc5)ccc-3c24)c(C)c1. The summed E-state index contributed by atoms with van der Waals surface area (Å²) in [5.41, 5.74) is 16.1. The molecule has 0 saturated carbocycles. The number of rotatable bonds is 7. The van der Waals surface area contributed by atoms with Crippen LogP contribution in [-0.4, -0.2) is 8.07 Å². The Morgan fingerprint density at radius 2 is 0.889 bits per heavy atom. The molecule has 0 fully saturated rings. The zero-order valence-corrected chi connectivity index (χ0v) is 32.6. The molecule has 1 aliphatic heterocycles. The van der Waals surface area contributed by atoms with Crippen molar-refractivity contribution in [3.8, 4) is 22.3 Å². The van der Waals surface area contributed by atoms with Crippen LogP contribution in [0, 0.1) is 20.8 Å². The van der Waals surface area contributed by atoms with Crippen LogP contribution in [0.3, 0.4) is 0 Å². The Kier molecular flexibility index (Phi) is 8.32. The minimum atomic E-state index is -2.13. The Hall–Kier alpha value is -6.16. The maximum Gasteiger partial charge on any atom is 0.113 e. The van der Waals surface area contributed by atoms with Crippen molar-refractivity contribution < 1.29 is 0 Å². The van der Waals surface area contributed by atoms with Crippen molar-refractivity contribution in [1.29, 1.82) is 0 Å². The molecule has 3 heteroatoms. The maximum absolute atomic E-state index is 2.53. The molecule has 0 amide bonds. The van der Waals surface area contributed by atoms with Crippen LogP contribution in [0.25, 0.3) is 33.0 Å². The number of para-hydroxylation sites is 3. The molecule has 0 radical (unpaired) electrons. The van der Waals surface area contributed by atoms with Crippen LogP contribution in [0.5, 0.6) is 0 Å². The first-order chi connectivity index (χ1) is 26.3. The zero-order valence-electron chi connectivity index (χ0n) is 31.6. The monoisotopic (exact) mass is 712 g/mol. The van der Waals surface area contributed by atoms with E-state index in [1.165, 1.54) is 77.2 Å². The third kappa shape index (κ3) is 5.64. The van der Waals surface area contributed by atoms with E-state index in [1.54, 1.807) is 0 Å². The summed E-state index contributed by atoms with van der Waals surface area (Å²) in [6, 6.07) is 64.8. The Bertz CT molecular complexity index is 2580. The summed E-state index contributed by atoms with van der Waals surface area (Å²) in [7, 11) is -2.13. The van der Waals surface area contributed by atoms with E-state index in [2.05, 4.69) is 220 Å². The molecule has 8 aromatic carbocycles. The Morgan fingerprint density at radius 3 is 1.48 bits per heavy atom. The van der Waals surface area contributed by atoms with Crippen molar-refractivity contribution in [2.24, 2.45) is 0 Å². The van der Waals surface area contributed by atoms with Crippen molar-refractivity contribution in [1.82, 2.24) is 0 Å². The molecule has 0 spiro atoms. The summed E-state index contributed by atoms with van der Waals surface area (Å²) >= 11 is 0. The molecule has 0 bridgehead atoms. The molecular weight excluding hydrogens is 669 g/mol. The van der Waals surface area contributed by atoms with Crippen LogP contribution in [0.4, 0.5) is 34.1 Å². The third-order valence-corrected chi connectivity index (χ3v) is 14.8. The molecular formula is C51H44N2Si. The van der Waals surface area contributed by atoms with Gasteiger partial charge in [-0.2, -0.15) is 0 Å². The largest absolute Gasteiger partial charge is 0.311 e. The third-order valence-electron chi connectivity index (χ3n) is 11.3. The van der Waals surface area contributed by atoms with Gasteiger partial charge in [-0.3, -0.25) is 0 Å². The zero-order chi connectivity index (χ0) is 37.0. The molecule has 0 saturated heterocycles. The van der Waals surface area contributed by atoms with Gasteiger partial charge >= 0.3 is 0 Å². The van der Waals surface area contributed by atoms with E-state index in [-0.39, 0.29) is 0 Å². The molecule has 9 rings (SSSR count). The second-order valence-corrected chi connectivity index (χ2v) is 19.5. The normalized spacial score (nSPS) is 12.7. The summed E-state index contributed by atoms with van der Waals surface area (Å²) in [4.78, 5) is 4.79. The highest BCUT2D eigenvalue weighted by Crippen LogP contribution is 2.43. The fourth-order valence-corrected chi connectivity index (χ4v) is 12.0. The summed E-state index contributed by atoms with van der Waals surface area (Å²) in [6.07, 6.45) is 0. The molecule has 2 nitrogen and oxygen atoms in total. The summed E-state index contributed by atoms with van der Waals surface area (Å²) in [5, 5.41) is 5.73. The Labute approximate surface area is 320 Å². The van der Waals surface area contributed by atoms with E-state index in [4.69, 9.17) is 0 Å². The Balaban J connectivity index is 1.16. The van der Waals surface area contributed by atoms with Crippen molar-refractivity contribution in [2.45, 2.75) is 33.9 Å². The number of hydrogen-bond acceptors (Lipinski definition) is 2. The highest BCUT2D eigenvalue weighted by atomic mass is 28.3. The van der Waals surface area contributed by atoms with Crippen LogP contribution >= 0.6 is 0 Å². The van der Waals surface area contributed by atoms with Crippen molar-refractivity contribution >= 4 is 63.3 Å². The Morgan fingerprint density at radius 1 is 0.389 bits per heavy atom. The molecule has 0 N–H and O–H groups in total. The summed E-state index contributed by atoms with van der Waals surface area (Å²) in [6.45, 7) is 11.7. The van der Waals surface area contributed by atoms with Crippen LogP contribution in [0.15, 0.2) is 176 Å². The fourth-order valence-electron chi connectivity index (χ4n) is 8.87. The van der Waals surface area contributed by atoms with E-state index in [9.17, 15) is 0 Å². The lowest BCUT2D eigenvalue weighted by Crippen LogP contribution is -2.56. The minimum absolute atomic E-state index is 1.14. The van der Waals surface area contributed by atoms with Crippen LogP contribution in [-0.2, 0) is 0 Å². The van der Waals surface area contributed by atoms with Gasteiger partial charge in [0, 0.05) is 28.4 Å². The van der Waals surface area contributed by atoms with Gasteiger partial charge < -0.3 is 9.80 Å². The molecule has 1 aliphatic rings. The predicted octanol–water partition coefficient (Wildman–Crippen LogP) is 13.2. The average molecular weight is 713 g/mol. The lowest BCUT2D eigenvalue weighted by molar-refractivity contribution is 1.20. The van der Waals surface area contributed by atoms with Crippen molar-refractivity contribution in [3.05, 3.63) is 193 Å². The van der Waals surface area contributed by atoms with Gasteiger partial charge in [-0.05, 0) is 136 Å². The fraction of sp³-hybridized carbons (Fsp3) is 0.0980. The molecule has 8 aromatic rings. The summed E-state index contributed by atoms with van der Waals surface area (Å²) in [5.74, 6) is 0. The van der Waals surface area contributed by atoms with E-state index in [1.807, 2.05) is 0 Å². The number of hydrogen-bond donors (Lipinski definition) is 0. The highest BCUT2D eigenvalue weighted by Gasteiger charge is 2.36. The van der Waals surface area contributed by atoms with Gasteiger partial charge in [0.25, 0.3) is 0 Å². The minimum Gasteiger partial charge on any atom is -0.311 e. The first-order valence-electron chi connectivity index (χ1n) is 18.9. The van der Waals surface area contributed by atoms with Gasteiger partial charge in [0.15, 0.2) is 0 Å². The van der Waals surface area contributed by atoms with Crippen molar-refractivity contribution in [2.75, 3.05) is 9.80 Å². The number of nitrogens with zero attached hydrogens (tertiary/aromatic N) is 2. The van der Waals surface area contributed by atoms with Crippen LogP contribution < -0.4 is 20.2 Å². The van der Waals surface area contributed by atoms with Gasteiger partial charge in [0.2, 0.25) is 0 Å². The van der Waals surface area contributed by atoms with Crippen LogP contribution in [0.2, 0.25) is 13.1 Å². The number of anilines is 6. The maximum atomic E-state index is 2.53. The van der Waals surface area contributed by atoms with Gasteiger partial charge in [-0.15, -0.1) is 0 Å². The topological polar surface area (TPSA) is 6.48 Å². The quantitative estimate of drug-likeness (QED) is 0.152. The molecule has 0 aliphatic carbocycles. The molecule has 1 heterocycles. The smallest absolute Gasteiger partial charge is 0.113 e. The second-order valence-electron chi connectivity index (χ2n) is 15.2. The first kappa shape index (κ1) is 33.7. The molecule has 0 atom stereocenters. The molecule has 54 heavy (non-hydrogen) atoms. The average Bonchev–Trinajstić information content (AvgIpc) is 3.19. The number of fused-ring (bicyclic) bond motifs is 2. The van der Waals surface area contributed by atoms with Gasteiger partial charge in [-0.1, -0.05) is 134 Å². The highest BCUT2D eigenvalue weighted by molar-refractivity contribution is 7.03. The predicted molar refractivity (Wildman–Crippen MR) is 235 cm³/mol. The number of benzene rings is 8. The van der Waals surface area contributed by atoms with Crippen LogP contribution in [0.1, 0.15) is 16.7 Å². The summed E-state index contributed by atoms with van der Waals surface area (Å²) < 4.78 is 0. The van der Waals surface area contributed by atoms with Gasteiger partial charge in [-0.25, -0.2) is 0 Å². The van der Waals surface area contributed by atoms with E-state index < -0.39 is 8.07 Å². The first-order valence-corrected chi connectivity index (χ1v) is 21.9. The van der Waals surface area contributed by atoms with E-state index >= 15 is 0 Å². The molecule has 0 aromatic heterocycles. The lowest BCUT2D eigenvalue weighted by Gasteiger charge is -2.36. The number of aryl methyl sites for hydroxylation is 3. The second kappa shape index (κ2) is 13.4. The molecule has 262 valence electrons. The van der Waals surface area contributed by atoms with Gasteiger partial charge in [0.1, 0.15) is 8.07 Å². The van der Waals surface area contributed by atoms with Gasteiger partial charge in [0.05, 0.1) is 5.69 Å². The van der Waals surface area contributed by atoms with Crippen molar-refractivity contribution in [3.63, 3.8) is 0 Å². The lowest BCUT2D eigenvalue weighted by atomic mass is 9.91.